The second-order valence-electron chi connectivity index (χ2n) is 3.91. The summed E-state index contributed by atoms with van der Waals surface area (Å²) in [5.74, 6) is 1.92. The Labute approximate surface area is 99.5 Å². The van der Waals surface area contributed by atoms with Crippen LogP contribution in [0, 0.1) is 13.8 Å². The molecular formula is C12H16N2OS. The first-order chi connectivity index (χ1) is 7.65. The van der Waals surface area contributed by atoms with E-state index in [9.17, 15) is 0 Å². The molecule has 0 aliphatic carbocycles. The summed E-state index contributed by atoms with van der Waals surface area (Å²) in [5, 5.41) is 6.60. The summed E-state index contributed by atoms with van der Waals surface area (Å²) in [6.07, 6.45) is 0. The minimum absolute atomic E-state index is 0.260. The zero-order chi connectivity index (χ0) is 11.5. The number of aromatic nitrogens is 1. The van der Waals surface area contributed by atoms with Gasteiger partial charge in [-0.15, -0.1) is 11.3 Å². The third-order valence-corrected chi connectivity index (χ3v) is 3.25. The number of nitrogens with zero attached hydrogens (tertiary/aromatic N) is 1. The maximum absolute atomic E-state index is 5.49. The number of nitrogens with one attached hydrogen (secondary N) is 1. The summed E-state index contributed by atoms with van der Waals surface area (Å²) in [4.78, 5) is 4.45. The molecule has 3 nitrogen and oxygen atoms in total. The van der Waals surface area contributed by atoms with Gasteiger partial charge >= 0.3 is 0 Å². The van der Waals surface area contributed by atoms with Gasteiger partial charge in [-0.1, -0.05) is 0 Å². The topological polar surface area (TPSA) is 38.1 Å². The van der Waals surface area contributed by atoms with Crippen molar-refractivity contribution in [3.05, 3.63) is 39.7 Å². The van der Waals surface area contributed by atoms with E-state index in [1.165, 1.54) is 0 Å². The molecule has 0 amide bonds. The zero-order valence-corrected chi connectivity index (χ0v) is 10.6. The van der Waals surface area contributed by atoms with E-state index in [1.807, 2.05) is 26.0 Å². The minimum atomic E-state index is 0.260. The Morgan fingerprint density at radius 1 is 1.44 bits per heavy atom. The van der Waals surface area contributed by atoms with E-state index in [-0.39, 0.29) is 6.04 Å². The number of hydrogen-bond donors (Lipinski definition) is 1. The fourth-order valence-corrected chi connectivity index (χ4v) is 2.22. The van der Waals surface area contributed by atoms with Crippen LogP contribution in [0.5, 0.6) is 0 Å². The largest absolute Gasteiger partial charge is 0.465 e. The summed E-state index contributed by atoms with van der Waals surface area (Å²) < 4.78 is 5.49. The van der Waals surface area contributed by atoms with Crippen LogP contribution in [0.15, 0.2) is 21.9 Å². The molecule has 4 heteroatoms. The lowest BCUT2D eigenvalue weighted by Gasteiger charge is -2.09. The third kappa shape index (κ3) is 2.71. The first-order valence-corrected chi connectivity index (χ1v) is 6.24. The van der Waals surface area contributed by atoms with E-state index in [2.05, 4.69) is 22.6 Å². The van der Waals surface area contributed by atoms with Crippen LogP contribution in [0.25, 0.3) is 0 Å². The Bertz CT molecular complexity index is 461. The molecular weight excluding hydrogens is 220 g/mol. The van der Waals surface area contributed by atoms with Gasteiger partial charge in [-0.25, -0.2) is 4.98 Å². The molecule has 0 saturated carbocycles. The Morgan fingerprint density at radius 3 is 2.81 bits per heavy atom. The van der Waals surface area contributed by atoms with E-state index < -0.39 is 0 Å². The number of hydrogen-bond acceptors (Lipinski definition) is 4. The Morgan fingerprint density at radius 2 is 2.25 bits per heavy atom. The van der Waals surface area contributed by atoms with Gasteiger partial charge in [-0.05, 0) is 32.9 Å². The number of aryl methyl sites for hydroxylation is 2. The highest BCUT2D eigenvalue weighted by Gasteiger charge is 2.08. The summed E-state index contributed by atoms with van der Waals surface area (Å²) >= 11 is 1.68. The van der Waals surface area contributed by atoms with Crippen molar-refractivity contribution < 1.29 is 4.42 Å². The summed E-state index contributed by atoms with van der Waals surface area (Å²) in [5.41, 5.74) is 1.10. The zero-order valence-electron chi connectivity index (χ0n) is 9.78. The van der Waals surface area contributed by atoms with E-state index in [0.717, 1.165) is 28.8 Å². The smallest absolute Gasteiger partial charge is 0.117 e. The Hall–Kier alpha value is -1.13. The molecule has 86 valence electrons. The quantitative estimate of drug-likeness (QED) is 0.885. The highest BCUT2D eigenvalue weighted by molar-refractivity contribution is 7.09. The molecule has 0 aliphatic rings. The molecule has 2 aromatic heterocycles. The molecule has 0 aliphatic heterocycles. The summed E-state index contributed by atoms with van der Waals surface area (Å²) in [6, 6.07) is 4.24. The van der Waals surface area contributed by atoms with E-state index in [1.54, 1.807) is 11.3 Å². The van der Waals surface area contributed by atoms with Crippen molar-refractivity contribution in [2.24, 2.45) is 0 Å². The molecule has 1 atom stereocenters. The summed E-state index contributed by atoms with van der Waals surface area (Å²) in [7, 11) is 0. The van der Waals surface area contributed by atoms with Gasteiger partial charge in [0.25, 0.3) is 0 Å². The molecule has 0 bridgehead atoms. The minimum Gasteiger partial charge on any atom is -0.465 e. The van der Waals surface area contributed by atoms with Crippen LogP contribution in [0.2, 0.25) is 0 Å². The Balaban J connectivity index is 1.91. The second-order valence-corrected chi connectivity index (χ2v) is 4.97. The lowest BCUT2D eigenvalue weighted by Crippen LogP contribution is -2.18. The maximum Gasteiger partial charge on any atom is 0.117 e. The van der Waals surface area contributed by atoms with E-state index in [0.29, 0.717) is 0 Å². The van der Waals surface area contributed by atoms with Crippen molar-refractivity contribution in [3.8, 4) is 0 Å². The monoisotopic (exact) mass is 236 g/mol. The van der Waals surface area contributed by atoms with Gasteiger partial charge in [0.15, 0.2) is 0 Å². The first-order valence-electron chi connectivity index (χ1n) is 5.36. The van der Waals surface area contributed by atoms with Crippen LogP contribution in [-0.4, -0.2) is 4.98 Å². The molecule has 2 aromatic rings. The molecule has 2 rings (SSSR count). The van der Waals surface area contributed by atoms with Gasteiger partial charge in [-0.2, -0.15) is 0 Å². The SMILES string of the molecule is Cc1ccc(CNC(C)c2csc(C)n2)o1. The molecule has 0 aromatic carbocycles. The van der Waals surface area contributed by atoms with Crippen LogP contribution >= 0.6 is 11.3 Å². The van der Waals surface area contributed by atoms with Crippen LogP contribution in [0.3, 0.4) is 0 Å². The number of furan rings is 1. The highest BCUT2D eigenvalue weighted by atomic mass is 32.1. The van der Waals surface area contributed by atoms with Gasteiger partial charge in [0.2, 0.25) is 0 Å². The van der Waals surface area contributed by atoms with Crippen molar-refractivity contribution in [1.29, 1.82) is 0 Å². The second kappa shape index (κ2) is 4.80. The average molecular weight is 236 g/mol. The van der Waals surface area contributed by atoms with Crippen molar-refractivity contribution in [2.45, 2.75) is 33.4 Å². The van der Waals surface area contributed by atoms with Crippen LogP contribution in [0.4, 0.5) is 0 Å². The third-order valence-electron chi connectivity index (χ3n) is 2.46. The van der Waals surface area contributed by atoms with Gasteiger partial charge in [-0.3, -0.25) is 0 Å². The molecule has 16 heavy (non-hydrogen) atoms. The normalized spacial score (nSPS) is 12.9. The van der Waals surface area contributed by atoms with Gasteiger partial charge in [0.05, 0.1) is 17.2 Å². The fraction of sp³-hybridized carbons (Fsp3) is 0.417. The van der Waals surface area contributed by atoms with Crippen LogP contribution < -0.4 is 5.32 Å². The lowest BCUT2D eigenvalue weighted by molar-refractivity contribution is 0.442. The van der Waals surface area contributed by atoms with Crippen molar-refractivity contribution in [3.63, 3.8) is 0 Å². The van der Waals surface area contributed by atoms with Crippen LogP contribution in [0.1, 0.15) is 35.2 Å². The van der Waals surface area contributed by atoms with Crippen LogP contribution in [-0.2, 0) is 6.54 Å². The standard InChI is InChI=1S/C12H16N2OS/c1-8-4-5-11(15-8)6-13-9(2)12-7-16-10(3)14-12/h4-5,7,9,13H,6H2,1-3H3. The van der Waals surface area contributed by atoms with Crippen molar-refractivity contribution in [1.82, 2.24) is 10.3 Å². The number of rotatable bonds is 4. The lowest BCUT2D eigenvalue weighted by atomic mass is 10.2. The molecule has 0 radical (unpaired) electrons. The van der Waals surface area contributed by atoms with Gasteiger partial charge in [0, 0.05) is 11.4 Å². The molecule has 0 spiro atoms. The molecule has 2 heterocycles. The molecule has 0 saturated heterocycles. The predicted molar refractivity (Wildman–Crippen MR) is 65.6 cm³/mol. The fourth-order valence-electron chi connectivity index (χ4n) is 1.52. The summed E-state index contributed by atoms with van der Waals surface area (Å²) in [6.45, 7) is 6.84. The molecule has 1 unspecified atom stereocenters. The van der Waals surface area contributed by atoms with Crippen molar-refractivity contribution >= 4 is 11.3 Å². The number of thiazole rings is 1. The molecule has 1 N–H and O–H groups in total. The first kappa shape index (κ1) is 11.4. The highest BCUT2D eigenvalue weighted by Crippen LogP contribution is 2.16. The average Bonchev–Trinajstić information content (AvgIpc) is 2.84. The van der Waals surface area contributed by atoms with Gasteiger partial charge < -0.3 is 9.73 Å². The van der Waals surface area contributed by atoms with E-state index >= 15 is 0 Å². The van der Waals surface area contributed by atoms with Crippen molar-refractivity contribution in [2.75, 3.05) is 0 Å². The van der Waals surface area contributed by atoms with E-state index in [4.69, 9.17) is 4.42 Å². The predicted octanol–water partition coefficient (Wildman–Crippen LogP) is 3.20. The maximum atomic E-state index is 5.49. The molecule has 0 fully saturated rings. The Kier molecular flexibility index (Phi) is 3.41. The van der Waals surface area contributed by atoms with Gasteiger partial charge in [0.1, 0.15) is 11.5 Å².